The maximum absolute atomic E-state index is 11.9. The van der Waals surface area contributed by atoms with Gasteiger partial charge in [-0.1, -0.05) is 12.1 Å². The number of benzene rings is 1. The summed E-state index contributed by atoms with van der Waals surface area (Å²) < 4.78 is 0. The summed E-state index contributed by atoms with van der Waals surface area (Å²) in [6.45, 7) is 5.80. The van der Waals surface area contributed by atoms with E-state index in [1.54, 1.807) is 12.1 Å². The zero-order chi connectivity index (χ0) is 16.7. The number of amides is 1. The van der Waals surface area contributed by atoms with Gasteiger partial charge in [-0.2, -0.15) is 0 Å². The van der Waals surface area contributed by atoms with E-state index in [0.717, 1.165) is 25.9 Å². The number of phenols is 1. The number of nitrogens with one attached hydrogen (secondary N) is 1. The van der Waals surface area contributed by atoms with Gasteiger partial charge in [0.2, 0.25) is 5.91 Å². The molecule has 2 rings (SSSR count). The molecule has 0 aromatic heterocycles. The van der Waals surface area contributed by atoms with E-state index in [-0.39, 0.29) is 11.7 Å². The zero-order valence-electron chi connectivity index (χ0n) is 13.1. The summed E-state index contributed by atoms with van der Waals surface area (Å²) in [6, 6.07) is 5.91. The predicted molar refractivity (Wildman–Crippen MR) is 89.4 cm³/mol. The van der Waals surface area contributed by atoms with Gasteiger partial charge < -0.3 is 20.4 Å². The van der Waals surface area contributed by atoms with Crippen LogP contribution < -0.4 is 5.32 Å². The molecule has 1 amide bonds. The molecule has 23 heavy (non-hydrogen) atoms. The second-order valence-corrected chi connectivity index (χ2v) is 5.66. The highest BCUT2D eigenvalue weighted by Gasteiger charge is 2.26. The van der Waals surface area contributed by atoms with Crippen molar-refractivity contribution in [1.82, 2.24) is 10.2 Å². The van der Waals surface area contributed by atoms with Crippen LogP contribution in [0.4, 0.5) is 0 Å². The molecule has 1 heterocycles. The van der Waals surface area contributed by atoms with Crippen LogP contribution in [0.15, 0.2) is 41.5 Å². The number of aliphatic hydroxyl groups excluding tert-OH is 1. The largest absolute Gasteiger partial charge is 0.508 e. The van der Waals surface area contributed by atoms with Crippen LogP contribution in [-0.2, 0) is 4.79 Å². The third kappa shape index (κ3) is 5.19. The van der Waals surface area contributed by atoms with Gasteiger partial charge in [-0.25, -0.2) is 0 Å². The Morgan fingerprint density at radius 1 is 1.35 bits per heavy atom. The van der Waals surface area contributed by atoms with E-state index >= 15 is 0 Å². The third-order valence-electron chi connectivity index (χ3n) is 3.93. The van der Waals surface area contributed by atoms with E-state index in [1.165, 1.54) is 24.4 Å². The van der Waals surface area contributed by atoms with E-state index in [2.05, 4.69) is 21.9 Å². The number of aliphatic hydroxyl groups is 1. The molecule has 1 aromatic rings. The molecule has 1 fully saturated rings. The van der Waals surface area contributed by atoms with Crippen molar-refractivity contribution in [3.8, 4) is 5.75 Å². The normalized spacial score (nSPS) is 18.0. The summed E-state index contributed by atoms with van der Waals surface area (Å²) in [5, 5.41) is 22.8. The van der Waals surface area contributed by atoms with Gasteiger partial charge in [-0.15, -0.1) is 0 Å². The summed E-state index contributed by atoms with van der Waals surface area (Å²) in [6.07, 6.45) is 4.01. The fourth-order valence-electron chi connectivity index (χ4n) is 2.72. The molecule has 2 atom stereocenters. The Labute approximate surface area is 136 Å². The Morgan fingerprint density at radius 3 is 2.61 bits per heavy atom. The van der Waals surface area contributed by atoms with Crippen molar-refractivity contribution in [1.29, 1.82) is 0 Å². The van der Waals surface area contributed by atoms with Crippen LogP contribution in [0.2, 0.25) is 0 Å². The summed E-state index contributed by atoms with van der Waals surface area (Å²) in [7, 11) is 0. The number of hydrogen-bond acceptors (Lipinski definition) is 5. The summed E-state index contributed by atoms with van der Waals surface area (Å²) >= 11 is 0. The predicted octanol–water partition coefficient (Wildman–Crippen LogP) is 1.22. The van der Waals surface area contributed by atoms with Gasteiger partial charge in [0.1, 0.15) is 11.9 Å². The molecular weight excluding hydrogens is 294 g/mol. The Kier molecular flexibility index (Phi) is 6.31. The van der Waals surface area contributed by atoms with Crippen LogP contribution in [0.5, 0.6) is 5.75 Å². The lowest BCUT2D eigenvalue weighted by Gasteiger charge is -2.28. The fourth-order valence-corrected chi connectivity index (χ4v) is 2.72. The number of phenolic OH excluding ortho intramolecular Hbond substituents is 1. The Morgan fingerprint density at radius 2 is 2.00 bits per heavy atom. The van der Waals surface area contributed by atoms with Crippen molar-refractivity contribution in [2.75, 3.05) is 19.6 Å². The molecule has 3 N–H and O–H groups in total. The zero-order valence-corrected chi connectivity index (χ0v) is 13.1. The molecule has 2 unspecified atom stereocenters. The number of aromatic hydroxyl groups is 1. The van der Waals surface area contributed by atoms with Crippen LogP contribution in [0.3, 0.4) is 0 Å². The maximum atomic E-state index is 11.9. The first kappa shape index (κ1) is 17.2. The Balaban J connectivity index is 2.10. The fraction of sp³-hybridized carbons (Fsp3) is 0.412. The molecule has 0 radical (unpaired) electrons. The third-order valence-corrected chi connectivity index (χ3v) is 3.93. The molecule has 124 valence electrons. The monoisotopic (exact) mass is 317 g/mol. The van der Waals surface area contributed by atoms with Gasteiger partial charge in [-0.3, -0.25) is 9.79 Å². The van der Waals surface area contributed by atoms with Crippen molar-refractivity contribution in [3.63, 3.8) is 0 Å². The smallest absolute Gasteiger partial charge is 0.245 e. The van der Waals surface area contributed by atoms with Crippen molar-refractivity contribution in [2.24, 2.45) is 4.99 Å². The number of hydrogen-bond donors (Lipinski definition) is 3. The van der Waals surface area contributed by atoms with Crippen molar-refractivity contribution < 1.29 is 15.0 Å². The van der Waals surface area contributed by atoms with Gasteiger partial charge in [0, 0.05) is 18.8 Å². The molecule has 1 aromatic carbocycles. The molecular formula is C17H23N3O3. The van der Waals surface area contributed by atoms with E-state index in [9.17, 15) is 15.0 Å². The quantitative estimate of drug-likeness (QED) is 0.521. The molecule has 6 heteroatoms. The second-order valence-electron chi connectivity index (χ2n) is 5.66. The van der Waals surface area contributed by atoms with Crippen LogP contribution >= 0.6 is 0 Å². The van der Waals surface area contributed by atoms with Gasteiger partial charge >= 0.3 is 0 Å². The molecule has 0 saturated carbocycles. The van der Waals surface area contributed by atoms with Crippen molar-refractivity contribution in [2.45, 2.75) is 25.0 Å². The lowest BCUT2D eigenvalue weighted by molar-refractivity contribution is -0.118. The highest BCUT2D eigenvalue weighted by atomic mass is 16.3. The summed E-state index contributed by atoms with van der Waals surface area (Å²) in [5.74, 6) is -0.180. The first-order valence-electron chi connectivity index (χ1n) is 7.72. The lowest BCUT2D eigenvalue weighted by atomic mass is 10.0. The minimum Gasteiger partial charge on any atom is -0.508 e. The minimum absolute atomic E-state index is 0.140. The van der Waals surface area contributed by atoms with Crippen molar-refractivity contribution in [3.05, 3.63) is 42.1 Å². The number of carbonyl (C=O) groups is 1. The number of nitrogens with zero attached hydrogens (tertiary/aromatic N) is 2. The van der Waals surface area contributed by atoms with E-state index in [4.69, 9.17) is 0 Å². The number of aliphatic imine (C=N–C) groups is 1. The topological polar surface area (TPSA) is 85.2 Å². The molecule has 0 aliphatic carbocycles. The summed E-state index contributed by atoms with van der Waals surface area (Å²) in [4.78, 5) is 17.7. The molecule has 1 saturated heterocycles. The molecule has 0 spiro atoms. The Bertz CT molecular complexity index is 551. The molecule has 6 nitrogen and oxygen atoms in total. The average Bonchev–Trinajstić information content (AvgIpc) is 3.05. The van der Waals surface area contributed by atoms with Gasteiger partial charge in [0.25, 0.3) is 0 Å². The first-order chi connectivity index (χ1) is 11.1. The summed E-state index contributed by atoms with van der Waals surface area (Å²) in [5.41, 5.74) is 0.651. The molecule has 0 bridgehead atoms. The highest BCUT2D eigenvalue weighted by Crippen LogP contribution is 2.21. The highest BCUT2D eigenvalue weighted by molar-refractivity contribution is 5.87. The number of likely N-dealkylation sites (tertiary alicyclic amines) is 1. The van der Waals surface area contributed by atoms with Crippen LogP contribution in [0.25, 0.3) is 0 Å². The molecule has 1 aliphatic rings. The van der Waals surface area contributed by atoms with Crippen LogP contribution in [0, 0.1) is 0 Å². The van der Waals surface area contributed by atoms with Crippen LogP contribution in [0.1, 0.15) is 24.5 Å². The number of rotatable bonds is 7. The van der Waals surface area contributed by atoms with E-state index in [1.807, 2.05) is 0 Å². The lowest BCUT2D eigenvalue weighted by Crippen LogP contribution is -2.46. The first-order valence-corrected chi connectivity index (χ1v) is 7.72. The van der Waals surface area contributed by atoms with Crippen molar-refractivity contribution >= 4 is 12.6 Å². The average molecular weight is 317 g/mol. The van der Waals surface area contributed by atoms with Gasteiger partial charge in [0.15, 0.2) is 0 Å². The minimum atomic E-state index is -0.856. The Hall–Kier alpha value is -2.18. The second kappa shape index (κ2) is 8.45. The SMILES string of the molecule is C=N/C=C\C(=O)NC(CN1CCCC1)C(O)c1ccc(O)cc1. The van der Waals surface area contributed by atoms with E-state index in [0.29, 0.717) is 12.1 Å². The van der Waals surface area contributed by atoms with Gasteiger partial charge in [0.05, 0.1) is 6.04 Å². The standard InChI is InChI=1S/C17H23N3O3/c1-18-9-8-16(22)19-15(12-20-10-2-3-11-20)17(23)13-4-6-14(21)7-5-13/h4-9,15,17,21,23H,1-3,10-12H2,(H,19,22)/b9-8-. The van der Waals surface area contributed by atoms with E-state index < -0.39 is 12.1 Å². The van der Waals surface area contributed by atoms with Gasteiger partial charge in [-0.05, 0) is 50.3 Å². The number of carbonyl (C=O) groups excluding carboxylic acids is 1. The van der Waals surface area contributed by atoms with Crippen LogP contribution in [-0.4, -0.2) is 53.4 Å². The maximum Gasteiger partial charge on any atom is 0.245 e. The molecule has 1 aliphatic heterocycles.